The maximum atomic E-state index is 12.1. The highest BCUT2D eigenvalue weighted by Gasteiger charge is 2.27. The number of hydrogen-bond donors (Lipinski definition) is 0. The van der Waals surface area contributed by atoms with E-state index in [9.17, 15) is 4.79 Å². The number of aromatic nitrogens is 3. The molecule has 0 unspecified atom stereocenters. The van der Waals surface area contributed by atoms with Crippen molar-refractivity contribution in [3.05, 3.63) is 71.1 Å². The standard InChI is InChI=1S/C20H16Cl2N4O/c1-2-18(27)25-9-10-26-17(12-25)19(13-5-7-23-8-6-13)20(24-26)14-3-4-15(21)16(22)11-14/h2-8,11H,1,9-10,12H2. The normalized spacial score (nSPS) is 13.3. The lowest BCUT2D eigenvalue weighted by Gasteiger charge is -2.27. The smallest absolute Gasteiger partial charge is 0.246 e. The quantitative estimate of drug-likeness (QED) is 0.612. The fraction of sp³-hybridized carbons (Fsp3) is 0.150. The Balaban J connectivity index is 1.90. The third-order valence-corrected chi connectivity index (χ3v) is 5.37. The Morgan fingerprint density at radius 1 is 1.07 bits per heavy atom. The van der Waals surface area contributed by atoms with Gasteiger partial charge in [-0.3, -0.25) is 14.5 Å². The molecule has 2 aromatic heterocycles. The molecule has 1 aromatic carbocycles. The molecule has 0 saturated heterocycles. The van der Waals surface area contributed by atoms with Crippen molar-refractivity contribution in [2.45, 2.75) is 13.1 Å². The summed E-state index contributed by atoms with van der Waals surface area (Å²) in [5, 5.41) is 5.79. The summed E-state index contributed by atoms with van der Waals surface area (Å²) in [4.78, 5) is 18.0. The zero-order valence-corrected chi connectivity index (χ0v) is 15.9. The van der Waals surface area contributed by atoms with Crippen LogP contribution in [0.4, 0.5) is 0 Å². The first-order valence-electron chi connectivity index (χ1n) is 8.45. The van der Waals surface area contributed by atoms with Crippen LogP contribution >= 0.6 is 23.2 Å². The number of amides is 1. The summed E-state index contributed by atoms with van der Waals surface area (Å²) in [6.07, 6.45) is 4.83. The van der Waals surface area contributed by atoms with Gasteiger partial charge in [-0.2, -0.15) is 5.10 Å². The molecule has 0 spiro atoms. The second-order valence-corrected chi connectivity index (χ2v) is 7.04. The molecule has 0 atom stereocenters. The van der Waals surface area contributed by atoms with Crippen LogP contribution in [0.15, 0.2) is 55.4 Å². The first kappa shape index (κ1) is 17.8. The third kappa shape index (κ3) is 3.24. The Morgan fingerprint density at radius 3 is 2.56 bits per heavy atom. The third-order valence-electron chi connectivity index (χ3n) is 4.63. The fourth-order valence-electron chi connectivity index (χ4n) is 3.30. The second-order valence-electron chi connectivity index (χ2n) is 6.22. The van der Waals surface area contributed by atoms with E-state index in [4.69, 9.17) is 28.3 Å². The van der Waals surface area contributed by atoms with E-state index in [-0.39, 0.29) is 5.91 Å². The number of benzene rings is 1. The lowest BCUT2D eigenvalue weighted by atomic mass is 9.99. The van der Waals surface area contributed by atoms with Crippen LogP contribution in [-0.2, 0) is 17.9 Å². The number of fused-ring (bicyclic) bond motifs is 1. The highest BCUT2D eigenvalue weighted by molar-refractivity contribution is 6.42. The summed E-state index contributed by atoms with van der Waals surface area (Å²) in [6.45, 7) is 5.28. The topological polar surface area (TPSA) is 51.0 Å². The number of rotatable bonds is 3. The van der Waals surface area contributed by atoms with Crippen LogP contribution in [0.25, 0.3) is 22.4 Å². The van der Waals surface area contributed by atoms with Crippen molar-refractivity contribution in [3.63, 3.8) is 0 Å². The monoisotopic (exact) mass is 398 g/mol. The molecule has 1 amide bonds. The van der Waals surface area contributed by atoms with Gasteiger partial charge in [-0.1, -0.05) is 35.8 Å². The summed E-state index contributed by atoms with van der Waals surface area (Å²) in [6, 6.07) is 9.36. The number of carbonyl (C=O) groups is 1. The minimum absolute atomic E-state index is 0.0841. The van der Waals surface area contributed by atoms with Crippen LogP contribution in [0, 0.1) is 0 Å². The second kappa shape index (κ2) is 7.18. The molecule has 7 heteroatoms. The first-order chi connectivity index (χ1) is 13.1. The Hall–Kier alpha value is -2.63. The molecule has 136 valence electrons. The Kier molecular flexibility index (Phi) is 4.72. The number of carbonyl (C=O) groups excluding carboxylic acids is 1. The van der Waals surface area contributed by atoms with E-state index in [1.165, 1.54) is 6.08 Å². The molecule has 0 saturated carbocycles. The highest BCUT2D eigenvalue weighted by Crippen LogP contribution is 2.38. The van der Waals surface area contributed by atoms with Crippen LogP contribution < -0.4 is 0 Å². The summed E-state index contributed by atoms with van der Waals surface area (Å²) in [5.41, 5.74) is 4.61. The van der Waals surface area contributed by atoms with E-state index in [0.29, 0.717) is 29.7 Å². The van der Waals surface area contributed by atoms with Crippen LogP contribution in [0.2, 0.25) is 10.0 Å². The zero-order valence-electron chi connectivity index (χ0n) is 14.4. The van der Waals surface area contributed by atoms with Crippen molar-refractivity contribution in [1.82, 2.24) is 19.7 Å². The van der Waals surface area contributed by atoms with Crippen LogP contribution in [0.1, 0.15) is 5.69 Å². The Labute approximate surface area is 166 Å². The summed E-state index contributed by atoms with van der Waals surface area (Å²) in [5.74, 6) is -0.0841. The van der Waals surface area contributed by atoms with Crippen LogP contribution in [0.3, 0.4) is 0 Å². The van der Waals surface area contributed by atoms with E-state index >= 15 is 0 Å². The molecule has 5 nitrogen and oxygen atoms in total. The van der Waals surface area contributed by atoms with Gasteiger partial charge in [0.25, 0.3) is 0 Å². The molecule has 3 aromatic rings. The molecule has 3 heterocycles. The average molecular weight is 399 g/mol. The van der Waals surface area contributed by atoms with E-state index in [1.807, 2.05) is 28.9 Å². The molecule has 1 aliphatic rings. The van der Waals surface area contributed by atoms with Crippen LogP contribution in [0.5, 0.6) is 0 Å². The predicted molar refractivity (Wildman–Crippen MR) is 107 cm³/mol. The largest absolute Gasteiger partial charge is 0.331 e. The molecular weight excluding hydrogens is 383 g/mol. The Bertz CT molecular complexity index is 1030. The number of nitrogens with zero attached hydrogens (tertiary/aromatic N) is 4. The van der Waals surface area contributed by atoms with Crippen molar-refractivity contribution in [3.8, 4) is 22.4 Å². The van der Waals surface area contributed by atoms with E-state index in [1.54, 1.807) is 23.4 Å². The fourth-order valence-corrected chi connectivity index (χ4v) is 3.60. The molecule has 0 aliphatic carbocycles. The SMILES string of the molecule is C=CC(=O)N1CCn2nc(-c3ccc(Cl)c(Cl)c3)c(-c3ccncc3)c2C1. The minimum Gasteiger partial charge on any atom is -0.331 e. The van der Waals surface area contributed by atoms with Gasteiger partial charge in [0, 0.05) is 30.1 Å². The molecule has 0 bridgehead atoms. The number of pyridine rings is 1. The van der Waals surface area contributed by atoms with Crippen molar-refractivity contribution < 1.29 is 4.79 Å². The van der Waals surface area contributed by atoms with Gasteiger partial charge in [-0.15, -0.1) is 0 Å². The summed E-state index contributed by atoms with van der Waals surface area (Å²) in [7, 11) is 0. The van der Waals surface area contributed by atoms with Crippen molar-refractivity contribution in [1.29, 1.82) is 0 Å². The van der Waals surface area contributed by atoms with E-state index in [2.05, 4.69) is 11.6 Å². The Morgan fingerprint density at radius 2 is 1.85 bits per heavy atom. The highest BCUT2D eigenvalue weighted by atomic mass is 35.5. The van der Waals surface area contributed by atoms with Gasteiger partial charge in [0.2, 0.25) is 5.91 Å². The molecule has 27 heavy (non-hydrogen) atoms. The minimum atomic E-state index is -0.0841. The molecule has 1 aliphatic heterocycles. The van der Waals surface area contributed by atoms with Gasteiger partial charge < -0.3 is 4.90 Å². The lowest BCUT2D eigenvalue weighted by Crippen LogP contribution is -2.37. The van der Waals surface area contributed by atoms with Gasteiger partial charge in [0.1, 0.15) is 5.69 Å². The number of hydrogen-bond acceptors (Lipinski definition) is 3. The lowest BCUT2D eigenvalue weighted by molar-refractivity contribution is -0.127. The van der Waals surface area contributed by atoms with Gasteiger partial charge in [-0.05, 0) is 35.9 Å². The van der Waals surface area contributed by atoms with Gasteiger partial charge in [-0.25, -0.2) is 0 Å². The van der Waals surface area contributed by atoms with Crippen LogP contribution in [-0.4, -0.2) is 32.1 Å². The van der Waals surface area contributed by atoms with E-state index < -0.39 is 0 Å². The van der Waals surface area contributed by atoms with E-state index in [0.717, 1.165) is 28.1 Å². The van der Waals surface area contributed by atoms with Gasteiger partial charge >= 0.3 is 0 Å². The zero-order chi connectivity index (χ0) is 19.0. The average Bonchev–Trinajstić information content (AvgIpc) is 3.08. The van der Waals surface area contributed by atoms with Gasteiger partial charge in [0.05, 0.1) is 28.8 Å². The molecular formula is C20H16Cl2N4O. The maximum Gasteiger partial charge on any atom is 0.246 e. The molecule has 0 radical (unpaired) electrons. The molecule has 0 fully saturated rings. The van der Waals surface area contributed by atoms with Crippen molar-refractivity contribution in [2.75, 3.05) is 6.54 Å². The van der Waals surface area contributed by atoms with Gasteiger partial charge in [0.15, 0.2) is 0 Å². The van der Waals surface area contributed by atoms with Crippen molar-refractivity contribution >= 4 is 29.1 Å². The first-order valence-corrected chi connectivity index (χ1v) is 9.21. The number of halogens is 2. The van der Waals surface area contributed by atoms with Crippen molar-refractivity contribution in [2.24, 2.45) is 0 Å². The predicted octanol–water partition coefficient (Wildman–Crippen LogP) is 4.45. The maximum absolute atomic E-state index is 12.1. The molecule has 4 rings (SSSR count). The summed E-state index contributed by atoms with van der Waals surface area (Å²) < 4.78 is 1.96. The summed E-state index contributed by atoms with van der Waals surface area (Å²) >= 11 is 12.3. The molecule has 0 N–H and O–H groups in total.